The van der Waals surface area contributed by atoms with Crippen molar-refractivity contribution in [2.45, 2.75) is 31.5 Å². The molecule has 3 aromatic carbocycles. The normalized spacial score (nSPS) is 24.5. The first-order valence-corrected chi connectivity index (χ1v) is 13.6. The second-order valence-electron chi connectivity index (χ2n) is 10.7. The van der Waals surface area contributed by atoms with Crippen LogP contribution in [0.2, 0.25) is 0 Å². The molecule has 1 fully saturated rings. The molecule has 1 saturated heterocycles. The molecule has 0 saturated carbocycles. The van der Waals surface area contributed by atoms with Crippen molar-refractivity contribution in [3.63, 3.8) is 0 Å². The zero-order valence-electron chi connectivity index (χ0n) is 23.2. The summed E-state index contributed by atoms with van der Waals surface area (Å²) in [5, 5.41) is 2.98. The van der Waals surface area contributed by atoms with Gasteiger partial charge in [-0.3, -0.25) is 24.3 Å². The lowest BCUT2D eigenvalue weighted by atomic mass is 9.58. The highest BCUT2D eigenvalue weighted by Gasteiger charge is 2.69. The largest absolute Gasteiger partial charge is 0.497 e. The van der Waals surface area contributed by atoms with E-state index in [1.807, 2.05) is 79.7 Å². The van der Waals surface area contributed by atoms with Gasteiger partial charge in [0, 0.05) is 18.4 Å². The Morgan fingerprint density at radius 3 is 2.12 bits per heavy atom. The molecule has 1 N–H and O–H groups in total. The second kappa shape index (κ2) is 10.4. The molecule has 208 valence electrons. The first kappa shape index (κ1) is 26.5. The zero-order valence-corrected chi connectivity index (χ0v) is 23.2. The fraction of sp³-hybridized carbons (Fsp3) is 0.273. The predicted molar refractivity (Wildman–Crippen MR) is 153 cm³/mol. The van der Waals surface area contributed by atoms with E-state index >= 15 is 0 Å². The van der Waals surface area contributed by atoms with Crippen LogP contribution < -0.4 is 14.8 Å². The van der Waals surface area contributed by atoms with Crippen molar-refractivity contribution < 1.29 is 23.9 Å². The summed E-state index contributed by atoms with van der Waals surface area (Å²) < 4.78 is 10.5. The van der Waals surface area contributed by atoms with Crippen LogP contribution >= 0.6 is 0 Å². The third-order valence-electron chi connectivity index (χ3n) is 8.47. The van der Waals surface area contributed by atoms with Crippen molar-refractivity contribution in [1.82, 2.24) is 10.2 Å². The first-order chi connectivity index (χ1) is 19.9. The third-order valence-corrected chi connectivity index (χ3v) is 8.47. The number of hydrogen-bond donors (Lipinski definition) is 1. The summed E-state index contributed by atoms with van der Waals surface area (Å²) in [6, 6.07) is 24.4. The van der Waals surface area contributed by atoms with Crippen LogP contribution in [0, 0.1) is 11.8 Å². The Labute approximate surface area is 238 Å². The number of amides is 3. The van der Waals surface area contributed by atoms with Crippen molar-refractivity contribution in [3.8, 4) is 11.5 Å². The Kier molecular flexibility index (Phi) is 6.69. The lowest BCUT2D eigenvalue weighted by molar-refractivity contribution is -0.140. The molecule has 1 spiro atoms. The Hall–Kier alpha value is -4.72. The minimum absolute atomic E-state index is 0.119. The molecule has 0 aromatic heterocycles. The number of nitrogens with zero attached hydrogens (tertiary/aromatic N) is 2. The average molecular weight is 550 g/mol. The summed E-state index contributed by atoms with van der Waals surface area (Å²) in [6.07, 6.45) is 1.96. The molecular weight excluding hydrogens is 518 g/mol. The topological polar surface area (TPSA) is 97.3 Å². The van der Waals surface area contributed by atoms with Crippen LogP contribution in [-0.4, -0.2) is 48.1 Å². The van der Waals surface area contributed by atoms with E-state index in [0.29, 0.717) is 17.9 Å². The molecule has 1 aliphatic carbocycles. The maximum Gasteiger partial charge on any atom is 0.266 e. The first-order valence-electron chi connectivity index (χ1n) is 13.6. The van der Waals surface area contributed by atoms with Gasteiger partial charge in [-0.15, -0.1) is 0 Å². The highest BCUT2D eigenvalue weighted by molar-refractivity contribution is 6.42. The summed E-state index contributed by atoms with van der Waals surface area (Å²) in [6.45, 7) is 2.26. The highest BCUT2D eigenvalue weighted by Crippen LogP contribution is 2.57. The number of allylic oxidation sites excluding steroid dienone is 1. The van der Waals surface area contributed by atoms with Crippen molar-refractivity contribution >= 4 is 23.4 Å². The van der Waals surface area contributed by atoms with Crippen LogP contribution in [-0.2, 0) is 27.5 Å². The van der Waals surface area contributed by atoms with E-state index in [-0.39, 0.29) is 24.1 Å². The van der Waals surface area contributed by atoms with E-state index in [2.05, 4.69) is 5.32 Å². The molecule has 4 atom stereocenters. The summed E-state index contributed by atoms with van der Waals surface area (Å²) >= 11 is 0. The minimum Gasteiger partial charge on any atom is -0.497 e. The lowest BCUT2D eigenvalue weighted by Crippen LogP contribution is -2.57. The second-order valence-corrected chi connectivity index (χ2v) is 10.7. The maximum absolute atomic E-state index is 14.2. The van der Waals surface area contributed by atoms with Gasteiger partial charge in [0.15, 0.2) is 5.54 Å². The number of imide groups is 1. The number of benzene rings is 3. The molecule has 3 amide bonds. The number of ether oxygens (including phenoxy) is 2. The summed E-state index contributed by atoms with van der Waals surface area (Å²) in [4.78, 5) is 48.2. The number of aliphatic imine (C=N–C) groups is 1. The molecule has 4 aliphatic rings. The Balaban J connectivity index is 1.37. The number of carbonyl (C=O) groups is 3. The monoisotopic (exact) mass is 549 g/mol. The lowest BCUT2D eigenvalue weighted by Gasteiger charge is -2.46. The van der Waals surface area contributed by atoms with E-state index in [1.54, 1.807) is 26.4 Å². The molecule has 2 bridgehead atoms. The summed E-state index contributed by atoms with van der Waals surface area (Å²) in [5.41, 5.74) is 2.14. The van der Waals surface area contributed by atoms with Gasteiger partial charge in [0.1, 0.15) is 17.2 Å². The number of nitrogens with one attached hydrogen (secondary N) is 1. The van der Waals surface area contributed by atoms with Crippen LogP contribution in [0.4, 0.5) is 0 Å². The van der Waals surface area contributed by atoms with Crippen LogP contribution in [0.15, 0.2) is 95.5 Å². The van der Waals surface area contributed by atoms with Crippen molar-refractivity contribution in [2.24, 2.45) is 16.8 Å². The smallest absolute Gasteiger partial charge is 0.266 e. The number of hydrogen-bond acceptors (Lipinski definition) is 6. The molecule has 0 radical (unpaired) electrons. The molecule has 41 heavy (non-hydrogen) atoms. The van der Waals surface area contributed by atoms with Gasteiger partial charge in [-0.2, -0.15) is 0 Å². The number of dihydropyridines is 1. The van der Waals surface area contributed by atoms with Gasteiger partial charge in [-0.05, 0) is 53.5 Å². The van der Waals surface area contributed by atoms with Gasteiger partial charge >= 0.3 is 0 Å². The average Bonchev–Trinajstić information content (AvgIpc) is 3.22. The fourth-order valence-electron chi connectivity index (χ4n) is 6.40. The van der Waals surface area contributed by atoms with Crippen LogP contribution in [0.5, 0.6) is 11.5 Å². The third kappa shape index (κ3) is 4.30. The SMILES string of the molecule is COc1ccc(CNC(=O)C2=NC34C(=O)N(Cc5ccc(OC)cc5)C(=O)C3C(c3ccccc3)C2C=C4C)cc1. The van der Waals surface area contributed by atoms with Gasteiger partial charge < -0.3 is 14.8 Å². The standard InChI is InChI=1S/C33H31N3O5/c1-20-17-26-27(23-7-5-4-6-8-23)28-31(38)36(19-22-11-15-25(41-3)16-12-22)32(39)33(20,28)35-29(26)30(37)34-18-21-9-13-24(40-2)14-10-21/h4-17,26-28H,18-19H2,1-3H3,(H,34,37). The molecule has 7 rings (SSSR count). The van der Waals surface area contributed by atoms with Gasteiger partial charge in [0.25, 0.3) is 11.8 Å². The molecule has 3 aliphatic heterocycles. The van der Waals surface area contributed by atoms with E-state index in [9.17, 15) is 14.4 Å². The Morgan fingerprint density at radius 1 is 0.902 bits per heavy atom. The highest BCUT2D eigenvalue weighted by atomic mass is 16.5. The van der Waals surface area contributed by atoms with Gasteiger partial charge in [0.05, 0.1) is 26.7 Å². The number of carbonyl (C=O) groups excluding carboxylic acids is 3. The van der Waals surface area contributed by atoms with Crippen molar-refractivity contribution in [1.29, 1.82) is 0 Å². The van der Waals surface area contributed by atoms with E-state index in [0.717, 1.165) is 22.4 Å². The molecule has 8 heteroatoms. The maximum atomic E-state index is 14.2. The van der Waals surface area contributed by atoms with Gasteiger partial charge in [0.2, 0.25) is 5.91 Å². The molecule has 4 unspecified atom stereocenters. The van der Waals surface area contributed by atoms with E-state index in [1.165, 1.54) is 4.90 Å². The van der Waals surface area contributed by atoms with E-state index < -0.39 is 29.2 Å². The van der Waals surface area contributed by atoms with Crippen LogP contribution in [0.3, 0.4) is 0 Å². The molecule has 8 nitrogen and oxygen atoms in total. The van der Waals surface area contributed by atoms with Crippen molar-refractivity contribution in [3.05, 3.63) is 107 Å². The molecule has 3 aromatic rings. The van der Waals surface area contributed by atoms with Crippen molar-refractivity contribution in [2.75, 3.05) is 14.2 Å². The quantitative estimate of drug-likeness (QED) is 0.338. The van der Waals surface area contributed by atoms with Gasteiger partial charge in [-0.1, -0.05) is 60.7 Å². The van der Waals surface area contributed by atoms with Crippen LogP contribution in [0.25, 0.3) is 0 Å². The Morgan fingerprint density at radius 2 is 1.51 bits per heavy atom. The summed E-state index contributed by atoms with van der Waals surface area (Å²) in [7, 11) is 3.19. The molecular formula is C33H31N3O5. The van der Waals surface area contributed by atoms with Gasteiger partial charge in [-0.25, -0.2) is 0 Å². The van der Waals surface area contributed by atoms with E-state index in [4.69, 9.17) is 14.5 Å². The number of rotatable bonds is 8. The Bertz CT molecular complexity index is 1560. The molecule has 3 heterocycles. The number of likely N-dealkylation sites (tertiary alicyclic amines) is 1. The predicted octanol–water partition coefficient (Wildman–Crippen LogP) is 4.06. The summed E-state index contributed by atoms with van der Waals surface area (Å²) in [5.74, 6) is -1.17. The fourth-order valence-corrected chi connectivity index (χ4v) is 6.40. The number of methoxy groups -OCH3 is 2. The minimum atomic E-state index is -1.45. The zero-order chi connectivity index (χ0) is 28.7. The van der Waals surface area contributed by atoms with Crippen LogP contribution in [0.1, 0.15) is 29.5 Å².